The van der Waals surface area contributed by atoms with Crippen molar-refractivity contribution in [2.45, 2.75) is 101 Å². The van der Waals surface area contributed by atoms with E-state index in [-0.39, 0.29) is 62.2 Å². The second-order valence-electron chi connectivity index (χ2n) is 22.0. The molecule has 1 aliphatic rings. The van der Waals surface area contributed by atoms with Gasteiger partial charge in [0.15, 0.2) is 5.78 Å². The summed E-state index contributed by atoms with van der Waals surface area (Å²) in [5, 5.41) is 37.1. The van der Waals surface area contributed by atoms with E-state index < -0.39 is 17.9 Å². The van der Waals surface area contributed by atoms with Gasteiger partial charge in [0.2, 0.25) is 16.4 Å². The molecule has 514 valence electrons. The molecule has 2 aromatic heterocycles. The first kappa shape index (κ1) is 78.7. The van der Waals surface area contributed by atoms with Gasteiger partial charge in [-0.15, -0.1) is 22.7 Å². The van der Waals surface area contributed by atoms with E-state index in [1.54, 1.807) is 62.4 Å². The molecule has 1 aliphatic heterocycles. The largest absolute Gasteiger partial charge is 0.460 e. The number of anilines is 2. The Hall–Kier alpha value is -9.00. The number of carbonyl (C=O) groups is 4. The standard InChI is InChI=1S/C39H49N5O8S.C24H31N5O3S.C8H4O3/c1-8-44(31-13-14-35(28(4)23-31)42-43-38-37(41-7)29(5)36(24-40)53-38)25-32(26-52-27(2)3)50-21-19-48-17-15-47-16-18-49-20-22-51-39(46)34-12-10-9-11-33(34)30(6)45;1-8-29(14-20(31-12-11-30)15-32-16(2)3)19-9-10-21(17(4)13-19)27-28-24-22(25-6)18(5)23(26-7)33-24;9-7-5-3-1-2-4-6(5)8(10)11-7/h9-14,23,27,32H,8,15-22,25-26H2,1-6H3;9-10,13,16,20,30H,8,11-12,14-15H2,1-5H3;1-4H. The number of hydrogen-bond donors (Lipinski definition) is 1. The molecule has 3 heterocycles. The SMILES string of the molecule is O=C1OC(=O)c2ccccc21.[C-]#[N+]c1c(N=Nc2ccc(N(CC)CC(COC(C)C)OCCOCCOCCOCCOC(=O)c3ccccc3C(C)=O)cc2C)sc(C#N)c1C.[C-]#[N+]c1sc(N=Nc2ccc(N(CC)CC(COC(C)C)OCCO)cc2C)c([N+]#[C-])c1C. The van der Waals surface area contributed by atoms with Crippen LogP contribution in [0.5, 0.6) is 0 Å². The number of aryl methyl sites for hydroxylation is 2. The Morgan fingerprint density at radius 2 is 1.05 bits per heavy atom. The number of carbonyl (C=O) groups excluding carboxylic acids is 4. The van der Waals surface area contributed by atoms with Crippen LogP contribution in [-0.4, -0.2) is 159 Å². The number of esters is 3. The molecule has 4 aromatic carbocycles. The van der Waals surface area contributed by atoms with Crippen molar-refractivity contribution < 1.29 is 66.9 Å². The van der Waals surface area contributed by atoms with Crippen molar-refractivity contribution in [1.29, 1.82) is 5.26 Å². The molecule has 0 radical (unpaired) electrons. The third-order valence-corrected chi connectivity index (χ3v) is 16.5. The highest BCUT2D eigenvalue weighted by Crippen LogP contribution is 2.48. The first-order valence-electron chi connectivity index (χ1n) is 31.5. The summed E-state index contributed by atoms with van der Waals surface area (Å²) in [6.45, 7) is 49.5. The Bertz CT molecular complexity index is 3790. The number of benzene rings is 4. The van der Waals surface area contributed by atoms with Gasteiger partial charge in [0, 0.05) is 43.1 Å². The van der Waals surface area contributed by atoms with Crippen molar-refractivity contribution in [3.63, 3.8) is 0 Å². The molecule has 26 heteroatoms. The number of azo groups is 2. The molecule has 0 fully saturated rings. The molecule has 7 rings (SSSR count). The number of thiophene rings is 2. The third kappa shape index (κ3) is 24.9. The number of Topliss-reactive ketones (excluding diaryl/α,β-unsaturated/α-hetero) is 1. The fourth-order valence-electron chi connectivity index (χ4n) is 9.22. The molecule has 97 heavy (non-hydrogen) atoms. The lowest BCUT2D eigenvalue weighted by Crippen LogP contribution is -2.38. The fourth-order valence-corrected chi connectivity index (χ4v) is 10.9. The van der Waals surface area contributed by atoms with Crippen molar-refractivity contribution in [2.75, 3.05) is 115 Å². The number of fused-ring (bicyclic) bond motifs is 1. The van der Waals surface area contributed by atoms with Gasteiger partial charge in [-0.1, -0.05) is 37.3 Å². The van der Waals surface area contributed by atoms with Crippen molar-refractivity contribution in [2.24, 2.45) is 20.5 Å². The molecule has 0 amide bonds. The topological polar surface area (TPSA) is 264 Å². The number of cyclic esters (lactones) is 2. The van der Waals surface area contributed by atoms with E-state index in [4.69, 9.17) is 62.7 Å². The second kappa shape index (κ2) is 41.8. The van der Waals surface area contributed by atoms with E-state index in [9.17, 15) is 24.4 Å². The molecular formula is C71H84N10O14S2. The van der Waals surface area contributed by atoms with Gasteiger partial charge in [0.25, 0.3) is 0 Å². The molecule has 1 N–H and O–H groups in total. The van der Waals surface area contributed by atoms with Crippen LogP contribution in [-0.2, 0) is 42.6 Å². The molecule has 0 bridgehead atoms. The maximum atomic E-state index is 12.3. The number of nitriles is 1. The van der Waals surface area contributed by atoms with Crippen LogP contribution in [0.25, 0.3) is 14.5 Å². The minimum atomic E-state index is -0.556. The van der Waals surface area contributed by atoms with Crippen LogP contribution < -0.4 is 9.80 Å². The van der Waals surface area contributed by atoms with Gasteiger partial charge < -0.3 is 57.5 Å². The summed E-state index contributed by atoms with van der Waals surface area (Å²) in [7, 11) is 0. The maximum Gasteiger partial charge on any atom is 0.346 e. The Kier molecular flexibility index (Phi) is 34.0. The zero-order valence-corrected chi connectivity index (χ0v) is 58.4. The number of ether oxygens (including phenoxy) is 9. The summed E-state index contributed by atoms with van der Waals surface area (Å²) >= 11 is 2.36. The van der Waals surface area contributed by atoms with Gasteiger partial charge in [0.05, 0.1) is 150 Å². The quantitative estimate of drug-likeness (QED) is 0.00956. The number of ketones is 1. The van der Waals surface area contributed by atoms with Gasteiger partial charge in [-0.05, 0) is 146 Å². The first-order chi connectivity index (χ1) is 46.7. The lowest BCUT2D eigenvalue weighted by molar-refractivity contribution is -0.0535. The molecular weight excluding hydrogens is 1280 g/mol. The van der Waals surface area contributed by atoms with E-state index >= 15 is 0 Å². The van der Waals surface area contributed by atoms with Gasteiger partial charge in [-0.25, -0.2) is 28.9 Å². The first-order valence-corrected chi connectivity index (χ1v) is 33.1. The Balaban J connectivity index is 0.000000323. The van der Waals surface area contributed by atoms with E-state index in [0.717, 1.165) is 35.6 Å². The maximum absolute atomic E-state index is 12.3. The zero-order chi connectivity index (χ0) is 70.8. The highest BCUT2D eigenvalue weighted by Gasteiger charge is 2.28. The van der Waals surface area contributed by atoms with E-state index in [0.29, 0.717) is 136 Å². The summed E-state index contributed by atoms with van der Waals surface area (Å²) in [6.07, 6.45) is -0.190. The van der Waals surface area contributed by atoms with Crippen molar-refractivity contribution in [3.8, 4) is 6.07 Å². The van der Waals surface area contributed by atoms with E-state index in [1.807, 2.05) is 71.9 Å². The smallest absolute Gasteiger partial charge is 0.346 e. The fraction of sp³-hybridized carbons (Fsp3) is 0.437. The lowest BCUT2D eigenvalue weighted by Gasteiger charge is -2.29. The highest BCUT2D eigenvalue weighted by molar-refractivity contribution is 7.20. The number of likely N-dealkylation sites (N-methyl/N-ethyl adjacent to an activating group) is 2. The van der Waals surface area contributed by atoms with Gasteiger partial charge in [-0.3, -0.25) is 4.79 Å². The zero-order valence-electron chi connectivity index (χ0n) is 56.7. The van der Waals surface area contributed by atoms with E-state index in [2.05, 4.69) is 75.5 Å². The van der Waals surface area contributed by atoms with Gasteiger partial charge in [0.1, 0.15) is 22.7 Å². The predicted octanol–water partition coefficient (Wildman–Crippen LogP) is 15.5. The lowest BCUT2D eigenvalue weighted by atomic mass is 10.0. The number of aliphatic hydroxyl groups excluding tert-OH is 1. The average molecular weight is 1370 g/mol. The number of hydrogen-bond acceptors (Lipinski definition) is 23. The summed E-state index contributed by atoms with van der Waals surface area (Å²) < 4.78 is 49.9. The summed E-state index contributed by atoms with van der Waals surface area (Å²) in [5.41, 5.74) is 8.64. The minimum Gasteiger partial charge on any atom is -0.460 e. The molecule has 6 aromatic rings. The molecule has 24 nitrogen and oxygen atoms in total. The molecule has 2 unspecified atom stereocenters. The monoisotopic (exact) mass is 1360 g/mol. The number of nitrogens with zero attached hydrogens (tertiary/aromatic N) is 10. The Labute approximate surface area is 575 Å². The normalized spacial score (nSPS) is 12.2. The summed E-state index contributed by atoms with van der Waals surface area (Å²) in [4.78, 5) is 61.0. The van der Waals surface area contributed by atoms with Crippen LogP contribution >= 0.6 is 22.7 Å². The van der Waals surface area contributed by atoms with Gasteiger partial charge in [-0.2, -0.15) is 25.7 Å². The number of rotatable bonds is 36. The third-order valence-electron chi connectivity index (χ3n) is 14.3. The Morgan fingerprint density at radius 1 is 0.598 bits per heavy atom. The van der Waals surface area contributed by atoms with Crippen molar-refractivity contribution in [3.05, 3.63) is 169 Å². The second-order valence-corrected chi connectivity index (χ2v) is 24.0. The summed E-state index contributed by atoms with van der Waals surface area (Å²) in [5.74, 6) is -1.85. The molecule has 0 saturated heterocycles. The predicted molar refractivity (Wildman–Crippen MR) is 372 cm³/mol. The van der Waals surface area contributed by atoms with Crippen molar-refractivity contribution >= 4 is 95.5 Å². The number of aliphatic hydroxyl groups is 1. The molecule has 2 atom stereocenters. The van der Waals surface area contributed by atoms with E-state index in [1.165, 1.54) is 29.6 Å². The van der Waals surface area contributed by atoms with Crippen LogP contribution in [0.15, 0.2) is 105 Å². The molecule has 0 saturated carbocycles. The van der Waals surface area contributed by atoms with Crippen molar-refractivity contribution in [1.82, 2.24) is 0 Å². The average Bonchev–Trinajstić information content (AvgIpc) is 1.69. The highest BCUT2D eigenvalue weighted by atomic mass is 32.1. The van der Waals surface area contributed by atoms with Crippen LogP contribution in [0.3, 0.4) is 0 Å². The van der Waals surface area contributed by atoms with Crippen LogP contribution in [0, 0.1) is 58.7 Å². The van der Waals surface area contributed by atoms with Gasteiger partial charge >= 0.3 is 17.9 Å². The minimum absolute atomic E-state index is 0.0283. The van der Waals surface area contributed by atoms with Crippen LogP contribution in [0.2, 0.25) is 0 Å². The molecule has 0 spiro atoms. The molecule has 0 aliphatic carbocycles. The van der Waals surface area contributed by atoms with Crippen LogP contribution in [0.4, 0.5) is 49.1 Å². The van der Waals surface area contributed by atoms with Crippen LogP contribution in [0.1, 0.15) is 117 Å². The Morgan fingerprint density at radius 3 is 1.49 bits per heavy atom. The summed E-state index contributed by atoms with van der Waals surface area (Å²) in [6, 6.07) is 27.1.